The van der Waals surface area contributed by atoms with Gasteiger partial charge in [-0.15, -0.1) is 11.3 Å². The summed E-state index contributed by atoms with van der Waals surface area (Å²) in [7, 11) is 0. The molecule has 0 fully saturated rings. The van der Waals surface area contributed by atoms with Crippen LogP contribution in [0.1, 0.15) is 50.7 Å². The third-order valence-corrected chi connectivity index (χ3v) is 9.17. The van der Waals surface area contributed by atoms with Crippen molar-refractivity contribution in [2.24, 2.45) is 0 Å². The van der Waals surface area contributed by atoms with Crippen LogP contribution in [0.25, 0.3) is 0 Å². The lowest BCUT2D eigenvalue weighted by atomic mass is 9.86. The van der Waals surface area contributed by atoms with E-state index >= 15 is 0 Å². The van der Waals surface area contributed by atoms with E-state index in [0.29, 0.717) is 27.9 Å². The topological polar surface area (TPSA) is 61.6 Å². The Morgan fingerprint density at radius 1 is 1.08 bits per heavy atom. The SMILES string of the molecule is Cc1c(C)c(C)c(Cc2ccc(OC[C@@H](C)OC(=S)SCc3ccc(Cl)s3)cc2[N+](=O)[O-])c(C)c1C. The van der Waals surface area contributed by atoms with E-state index in [1.807, 2.05) is 19.1 Å². The van der Waals surface area contributed by atoms with Crippen molar-refractivity contribution in [2.75, 3.05) is 6.61 Å². The smallest absolute Gasteiger partial charge is 0.276 e. The highest BCUT2D eigenvalue weighted by molar-refractivity contribution is 8.22. The van der Waals surface area contributed by atoms with Crippen LogP contribution in [0.3, 0.4) is 0 Å². The lowest BCUT2D eigenvalue weighted by Crippen LogP contribution is -2.20. The number of ether oxygens (including phenoxy) is 2. The van der Waals surface area contributed by atoms with Gasteiger partial charge in [0.2, 0.25) is 4.38 Å². The Hall–Kier alpha value is -2.13. The second kappa shape index (κ2) is 12.4. The highest BCUT2D eigenvalue weighted by Gasteiger charge is 2.20. The van der Waals surface area contributed by atoms with E-state index in [0.717, 1.165) is 14.8 Å². The van der Waals surface area contributed by atoms with Crippen LogP contribution in [-0.2, 0) is 16.9 Å². The largest absolute Gasteiger partial charge is 0.489 e. The molecule has 0 unspecified atom stereocenters. The van der Waals surface area contributed by atoms with Gasteiger partial charge in [-0.3, -0.25) is 10.1 Å². The molecule has 1 atom stereocenters. The molecule has 0 aliphatic heterocycles. The number of thiophene rings is 1. The molecule has 3 aromatic rings. The summed E-state index contributed by atoms with van der Waals surface area (Å²) in [6, 6.07) is 8.89. The second-order valence-electron chi connectivity index (χ2n) is 8.81. The number of hydrogen-bond acceptors (Lipinski definition) is 7. The Balaban J connectivity index is 1.65. The third kappa shape index (κ3) is 7.00. The highest BCUT2D eigenvalue weighted by Crippen LogP contribution is 2.32. The summed E-state index contributed by atoms with van der Waals surface area (Å²) in [4.78, 5) is 12.7. The van der Waals surface area contributed by atoms with Crippen molar-refractivity contribution < 1.29 is 14.4 Å². The van der Waals surface area contributed by atoms with Crippen LogP contribution in [0.2, 0.25) is 4.34 Å². The van der Waals surface area contributed by atoms with Gasteiger partial charge in [0.15, 0.2) is 0 Å². The van der Waals surface area contributed by atoms with Crippen LogP contribution in [0.5, 0.6) is 5.75 Å². The monoisotopic (exact) mass is 563 g/mol. The minimum Gasteiger partial charge on any atom is -0.489 e. The molecular weight excluding hydrogens is 534 g/mol. The molecule has 1 aromatic heterocycles. The van der Waals surface area contributed by atoms with Gasteiger partial charge in [-0.1, -0.05) is 23.4 Å². The van der Waals surface area contributed by atoms with Gasteiger partial charge >= 0.3 is 0 Å². The minimum absolute atomic E-state index is 0.0523. The summed E-state index contributed by atoms with van der Waals surface area (Å²) in [5, 5.41) is 11.9. The molecule has 0 aliphatic carbocycles. The number of nitrogens with zero attached hydrogens (tertiary/aromatic N) is 1. The second-order valence-corrected chi connectivity index (χ2v) is 12.2. The zero-order valence-corrected chi connectivity index (χ0v) is 24.5. The fourth-order valence-corrected chi connectivity index (χ4v) is 6.22. The lowest BCUT2D eigenvalue weighted by molar-refractivity contribution is -0.385. The molecule has 0 amide bonds. The van der Waals surface area contributed by atoms with Crippen molar-refractivity contribution in [2.45, 2.75) is 59.8 Å². The number of nitro groups is 1. The first-order valence-corrected chi connectivity index (χ1v) is 14.1. The standard InChI is InChI=1S/C27H30ClNO4S3/c1-15(33-27(34)35-14-23-9-10-26(28)36-23)13-32-22-8-7-21(25(12-22)29(30)31)11-24-19(5)17(3)16(2)18(4)20(24)6/h7-10,12,15H,11,13-14H2,1-6H3/t15-/m1/s1. The summed E-state index contributed by atoms with van der Waals surface area (Å²) >= 11 is 14.2. The number of benzene rings is 2. The van der Waals surface area contributed by atoms with E-state index in [4.69, 9.17) is 33.3 Å². The van der Waals surface area contributed by atoms with Crippen molar-refractivity contribution in [3.63, 3.8) is 0 Å². The quantitative estimate of drug-likeness (QED) is 0.148. The zero-order valence-electron chi connectivity index (χ0n) is 21.3. The molecule has 0 spiro atoms. The Labute approximate surface area is 231 Å². The minimum atomic E-state index is -0.344. The number of rotatable bonds is 9. The van der Waals surface area contributed by atoms with Crippen molar-refractivity contribution in [1.29, 1.82) is 0 Å². The summed E-state index contributed by atoms with van der Waals surface area (Å²) < 4.78 is 12.7. The molecule has 2 aromatic carbocycles. The molecule has 9 heteroatoms. The Kier molecular flexibility index (Phi) is 9.80. The van der Waals surface area contributed by atoms with Crippen LogP contribution >= 0.6 is 46.9 Å². The first-order chi connectivity index (χ1) is 17.0. The Morgan fingerprint density at radius 2 is 1.72 bits per heavy atom. The average molecular weight is 564 g/mol. The maximum absolute atomic E-state index is 11.9. The maximum atomic E-state index is 11.9. The highest BCUT2D eigenvalue weighted by atomic mass is 35.5. The van der Waals surface area contributed by atoms with Gasteiger partial charge < -0.3 is 9.47 Å². The van der Waals surface area contributed by atoms with E-state index in [1.54, 1.807) is 12.1 Å². The van der Waals surface area contributed by atoms with Gasteiger partial charge in [0.25, 0.3) is 5.69 Å². The van der Waals surface area contributed by atoms with Crippen LogP contribution in [0.15, 0.2) is 30.3 Å². The van der Waals surface area contributed by atoms with Crippen LogP contribution in [-0.4, -0.2) is 22.0 Å². The number of halogens is 1. The lowest BCUT2D eigenvalue weighted by Gasteiger charge is -2.19. The molecule has 0 bridgehead atoms. The maximum Gasteiger partial charge on any atom is 0.276 e. The van der Waals surface area contributed by atoms with Crippen molar-refractivity contribution in [3.05, 3.63) is 88.6 Å². The van der Waals surface area contributed by atoms with Crippen molar-refractivity contribution in [1.82, 2.24) is 0 Å². The fraction of sp³-hybridized carbons (Fsp3) is 0.370. The van der Waals surface area contributed by atoms with E-state index < -0.39 is 0 Å². The predicted octanol–water partition coefficient (Wildman–Crippen LogP) is 8.44. The van der Waals surface area contributed by atoms with E-state index in [9.17, 15) is 10.1 Å². The number of hydrogen-bond donors (Lipinski definition) is 0. The van der Waals surface area contributed by atoms with E-state index in [2.05, 4.69) is 34.6 Å². The first-order valence-electron chi connectivity index (χ1n) is 11.5. The van der Waals surface area contributed by atoms with Crippen molar-refractivity contribution >= 4 is 57.0 Å². The normalized spacial score (nSPS) is 11.9. The number of thioether (sulfide) groups is 1. The summed E-state index contributed by atoms with van der Waals surface area (Å²) in [5.74, 6) is 1.12. The molecule has 0 radical (unpaired) electrons. The molecule has 192 valence electrons. The number of thiocarbonyl (C=S) groups is 1. The first kappa shape index (κ1) is 28.4. The average Bonchev–Trinajstić information content (AvgIpc) is 3.27. The summed E-state index contributed by atoms with van der Waals surface area (Å²) in [6.07, 6.45) is 0.191. The Morgan fingerprint density at radius 3 is 2.31 bits per heavy atom. The van der Waals surface area contributed by atoms with Crippen LogP contribution in [0, 0.1) is 44.7 Å². The molecule has 3 rings (SSSR count). The molecule has 36 heavy (non-hydrogen) atoms. The molecular formula is C27H30ClNO4S3. The molecule has 0 saturated carbocycles. The molecule has 0 saturated heterocycles. The van der Waals surface area contributed by atoms with Gasteiger partial charge in [-0.05, 0) is 111 Å². The van der Waals surface area contributed by atoms with E-state index in [-0.39, 0.29) is 23.3 Å². The molecule has 0 aliphatic rings. The zero-order chi connectivity index (χ0) is 26.6. The predicted molar refractivity (Wildman–Crippen MR) is 155 cm³/mol. The van der Waals surface area contributed by atoms with Crippen LogP contribution < -0.4 is 4.74 Å². The van der Waals surface area contributed by atoms with Crippen LogP contribution in [0.4, 0.5) is 5.69 Å². The molecule has 1 heterocycles. The van der Waals surface area contributed by atoms with Gasteiger partial charge in [-0.25, -0.2) is 0 Å². The molecule has 5 nitrogen and oxygen atoms in total. The van der Waals surface area contributed by atoms with Gasteiger partial charge in [-0.2, -0.15) is 0 Å². The van der Waals surface area contributed by atoms with Gasteiger partial charge in [0.1, 0.15) is 18.5 Å². The van der Waals surface area contributed by atoms with Crippen molar-refractivity contribution in [3.8, 4) is 5.75 Å². The van der Waals surface area contributed by atoms with Gasteiger partial charge in [0.05, 0.1) is 15.3 Å². The molecule has 0 N–H and O–H groups in total. The van der Waals surface area contributed by atoms with Gasteiger partial charge in [0, 0.05) is 22.6 Å². The Bertz CT molecular complexity index is 1260. The summed E-state index contributed by atoms with van der Waals surface area (Å²) in [6.45, 7) is 12.6. The van der Waals surface area contributed by atoms with E-state index in [1.165, 1.54) is 57.0 Å². The third-order valence-electron chi connectivity index (χ3n) is 6.52. The number of nitro benzene ring substituents is 1. The fourth-order valence-electron chi connectivity index (χ4n) is 3.99. The summed E-state index contributed by atoms with van der Waals surface area (Å²) in [5.41, 5.74) is 7.98.